The van der Waals surface area contributed by atoms with Gasteiger partial charge < -0.3 is 10.5 Å². The number of aldehydes is 1. The number of nitrogen functional groups attached to an aromatic ring is 1. The van der Waals surface area contributed by atoms with E-state index in [0.717, 1.165) is 6.29 Å². The summed E-state index contributed by atoms with van der Waals surface area (Å²) in [7, 11) is 0. The number of nitrogens with two attached hydrogens (primary N) is 1. The van der Waals surface area contributed by atoms with Crippen molar-refractivity contribution >= 4 is 17.9 Å². The summed E-state index contributed by atoms with van der Waals surface area (Å²) < 4.78 is 7.22. The Balaban J connectivity index is 1.89. The topological polar surface area (TPSA) is 82.5 Å². The molecule has 2 heterocycles. The second-order valence-corrected chi connectivity index (χ2v) is 3.92. The largest absolute Gasteiger partial charge is 0.457 e. The van der Waals surface area contributed by atoms with Crippen LogP contribution in [0.25, 0.3) is 5.65 Å². The molecule has 0 bridgehead atoms. The molecule has 0 aliphatic heterocycles. The minimum atomic E-state index is 0.215. The molecule has 0 aliphatic carbocycles. The van der Waals surface area contributed by atoms with Crippen molar-refractivity contribution in [3.05, 3.63) is 48.2 Å². The van der Waals surface area contributed by atoms with Gasteiger partial charge in [-0.2, -0.15) is 4.98 Å². The van der Waals surface area contributed by atoms with E-state index in [9.17, 15) is 4.79 Å². The second kappa shape index (κ2) is 4.41. The molecule has 94 valence electrons. The highest BCUT2D eigenvalue weighted by Gasteiger charge is 2.03. The van der Waals surface area contributed by atoms with E-state index in [1.807, 2.05) is 0 Å². The Hall–Kier alpha value is -2.89. The lowest BCUT2D eigenvalue weighted by molar-refractivity contribution is 0.112. The molecular weight excluding hydrogens is 244 g/mol. The van der Waals surface area contributed by atoms with Crippen molar-refractivity contribution in [2.45, 2.75) is 0 Å². The van der Waals surface area contributed by atoms with Gasteiger partial charge in [-0.05, 0) is 30.3 Å². The molecule has 1 aromatic carbocycles. The van der Waals surface area contributed by atoms with Crippen molar-refractivity contribution in [1.29, 1.82) is 0 Å². The molecule has 0 saturated heterocycles. The van der Waals surface area contributed by atoms with Gasteiger partial charge in [0.25, 0.3) is 0 Å². The molecule has 6 nitrogen and oxygen atoms in total. The van der Waals surface area contributed by atoms with E-state index in [4.69, 9.17) is 10.5 Å². The number of nitrogens with zero attached hydrogens (tertiary/aromatic N) is 3. The summed E-state index contributed by atoms with van der Waals surface area (Å²) in [5.74, 6) is 1.48. The number of anilines is 1. The molecule has 0 amide bonds. The number of hydrogen-bond donors (Lipinski definition) is 1. The van der Waals surface area contributed by atoms with Crippen LogP contribution in [0.5, 0.6) is 11.5 Å². The number of carbonyl (C=O) groups is 1. The monoisotopic (exact) mass is 254 g/mol. The molecule has 0 fully saturated rings. The summed E-state index contributed by atoms with van der Waals surface area (Å²) in [6.45, 7) is 0. The lowest BCUT2D eigenvalue weighted by Crippen LogP contribution is -1.90. The molecule has 0 spiro atoms. The van der Waals surface area contributed by atoms with Gasteiger partial charge in [0.1, 0.15) is 17.8 Å². The van der Waals surface area contributed by atoms with Crippen molar-refractivity contribution in [2.75, 3.05) is 5.73 Å². The molecule has 0 saturated carbocycles. The zero-order valence-electron chi connectivity index (χ0n) is 9.85. The quantitative estimate of drug-likeness (QED) is 0.722. The van der Waals surface area contributed by atoms with Crippen LogP contribution in [0.3, 0.4) is 0 Å². The first-order chi connectivity index (χ1) is 9.24. The summed E-state index contributed by atoms with van der Waals surface area (Å²) in [6, 6.07) is 10.3. The van der Waals surface area contributed by atoms with Crippen LogP contribution in [-0.2, 0) is 0 Å². The van der Waals surface area contributed by atoms with E-state index in [1.54, 1.807) is 47.1 Å². The minimum Gasteiger partial charge on any atom is -0.457 e. The van der Waals surface area contributed by atoms with Crippen LogP contribution in [0, 0.1) is 0 Å². The number of ether oxygens (including phenoxy) is 1. The van der Waals surface area contributed by atoms with Crippen LogP contribution in [0.15, 0.2) is 42.6 Å². The Bertz CT molecular complexity index is 734. The normalized spacial score (nSPS) is 10.5. The number of carbonyl (C=O) groups excluding carboxylic acids is 1. The molecule has 0 atom stereocenters. The zero-order valence-corrected chi connectivity index (χ0v) is 9.85. The fraction of sp³-hybridized carbons (Fsp3) is 0. The molecule has 6 heteroatoms. The van der Waals surface area contributed by atoms with Crippen molar-refractivity contribution < 1.29 is 9.53 Å². The molecule has 2 aromatic heterocycles. The fourth-order valence-corrected chi connectivity index (χ4v) is 1.69. The third-order valence-corrected chi connectivity index (χ3v) is 2.58. The molecule has 0 radical (unpaired) electrons. The first-order valence-electron chi connectivity index (χ1n) is 5.59. The second-order valence-electron chi connectivity index (χ2n) is 3.92. The van der Waals surface area contributed by atoms with E-state index < -0.39 is 0 Å². The highest BCUT2D eigenvalue weighted by Crippen LogP contribution is 2.22. The molecule has 2 N–H and O–H groups in total. The van der Waals surface area contributed by atoms with Gasteiger partial charge in [-0.15, -0.1) is 5.10 Å². The van der Waals surface area contributed by atoms with Gasteiger partial charge >= 0.3 is 0 Å². The van der Waals surface area contributed by atoms with Crippen LogP contribution in [0.1, 0.15) is 10.4 Å². The third-order valence-electron chi connectivity index (χ3n) is 2.58. The average Bonchev–Trinajstić information content (AvgIpc) is 2.79. The van der Waals surface area contributed by atoms with E-state index in [2.05, 4.69) is 10.1 Å². The smallest absolute Gasteiger partial charge is 0.240 e. The maximum Gasteiger partial charge on any atom is 0.240 e. The number of hydrogen-bond acceptors (Lipinski definition) is 5. The fourth-order valence-electron chi connectivity index (χ4n) is 1.69. The number of fused-ring (bicyclic) bond motifs is 1. The lowest BCUT2D eigenvalue weighted by Gasteiger charge is -2.05. The number of aromatic nitrogens is 3. The summed E-state index contributed by atoms with van der Waals surface area (Å²) in [6.07, 6.45) is 2.50. The number of rotatable bonds is 3. The highest BCUT2D eigenvalue weighted by molar-refractivity contribution is 5.74. The predicted octanol–water partition coefficient (Wildman–Crippen LogP) is 1.92. The first-order valence-corrected chi connectivity index (χ1v) is 5.59. The lowest BCUT2D eigenvalue weighted by atomic mass is 10.2. The summed E-state index contributed by atoms with van der Waals surface area (Å²) >= 11 is 0. The minimum absolute atomic E-state index is 0.215. The summed E-state index contributed by atoms with van der Waals surface area (Å²) in [5, 5.41) is 3.97. The van der Waals surface area contributed by atoms with E-state index in [1.165, 1.54) is 0 Å². The Kier molecular flexibility index (Phi) is 2.60. The van der Waals surface area contributed by atoms with Crippen molar-refractivity contribution in [1.82, 2.24) is 14.6 Å². The average molecular weight is 254 g/mol. The van der Waals surface area contributed by atoms with E-state index >= 15 is 0 Å². The van der Waals surface area contributed by atoms with Gasteiger partial charge in [0.15, 0.2) is 5.65 Å². The maximum absolute atomic E-state index is 10.6. The Morgan fingerprint density at radius 3 is 2.68 bits per heavy atom. The standard InChI is InChI=1S/C13H10N4O2/c14-13-15-12-7-11(5-6-17(12)16-13)19-10-3-1-9(8-18)2-4-10/h1-8H,(H2,14,16). The maximum atomic E-state index is 10.6. The molecule has 3 rings (SSSR count). The molecular formula is C13H10N4O2. The number of benzene rings is 1. The van der Waals surface area contributed by atoms with Gasteiger partial charge in [-0.25, -0.2) is 4.52 Å². The van der Waals surface area contributed by atoms with Gasteiger partial charge in [-0.3, -0.25) is 4.79 Å². The molecule has 0 aliphatic rings. The third kappa shape index (κ3) is 2.23. The molecule has 19 heavy (non-hydrogen) atoms. The Morgan fingerprint density at radius 2 is 1.95 bits per heavy atom. The predicted molar refractivity (Wildman–Crippen MR) is 69.3 cm³/mol. The Morgan fingerprint density at radius 1 is 1.16 bits per heavy atom. The zero-order chi connectivity index (χ0) is 13.2. The van der Waals surface area contributed by atoms with Crippen molar-refractivity contribution in [2.24, 2.45) is 0 Å². The van der Waals surface area contributed by atoms with Gasteiger partial charge in [-0.1, -0.05) is 0 Å². The number of pyridine rings is 1. The van der Waals surface area contributed by atoms with Crippen LogP contribution >= 0.6 is 0 Å². The van der Waals surface area contributed by atoms with E-state index in [-0.39, 0.29) is 5.95 Å². The van der Waals surface area contributed by atoms with Crippen molar-refractivity contribution in [3.63, 3.8) is 0 Å². The first kappa shape index (κ1) is 11.2. The van der Waals surface area contributed by atoms with Gasteiger partial charge in [0.05, 0.1) is 0 Å². The summed E-state index contributed by atoms with van der Waals surface area (Å²) in [4.78, 5) is 14.6. The van der Waals surface area contributed by atoms with Crippen LogP contribution in [-0.4, -0.2) is 20.9 Å². The molecule has 3 aromatic rings. The van der Waals surface area contributed by atoms with Crippen LogP contribution < -0.4 is 10.5 Å². The van der Waals surface area contributed by atoms with Crippen molar-refractivity contribution in [3.8, 4) is 11.5 Å². The van der Waals surface area contributed by atoms with Gasteiger partial charge in [0.2, 0.25) is 5.95 Å². The van der Waals surface area contributed by atoms with Crippen LogP contribution in [0.4, 0.5) is 5.95 Å². The van der Waals surface area contributed by atoms with Crippen LogP contribution in [0.2, 0.25) is 0 Å². The van der Waals surface area contributed by atoms with Gasteiger partial charge in [0, 0.05) is 17.8 Å². The Labute approximate surface area is 108 Å². The SMILES string of the molecule is Nc1nc2cc(Oc3ccc(C=O)cc3)ccn2n1. The highest BCUT2D eigenvalue weighted by atomic mass is 16.5. The summed E-state index contributed by atoms with van der Waals surface area (Å²) in [5.41, 5.74) is 6.72. The molecule has 0 unspecified atom stereocenters. The van der Waals surface area contributed by atoms with E-state index in [0.29, 0.717) is 22.7 Å².